The van der Waals surface area contributed by atoms with Gasteiger partial charge < -0.3 is 10.1 Å². The van der Waals surface area contributed by atoms with E-state index in [9.17, 15) is 9.59 Å². The predicted molar refractivity (Wildman–Crippen MR) is 136 cm³/mol. The molecule has 2 aromatic carbocycles. The number of methoxy groups -OCH3 is 1. The fraction of sp³-hybridized carbons (Fsp3) is 0.333. The van der Waals surface area contributed by atoms with Crippen LogP contribution in [-0.2, 0) is 0 Å². The van der Waals surface area contributed by atoms with Gasteiger partial charge in [0.1, 0.15) is 5.75 Å². The van der Waals surface area contributed by atoms with Gasteiger partial charge >= 0.3 is 0 Å². The third-order valence-corrected chi connectivity index (χ3v) is 8.46. The summed E-state index contributed by atoms with van der Waals surface area (Å²) in [5.74, 6) is 0.953. The quantitative estimate of drug-likeness (QED) is 0.422. The van der Waals surface area contributed by atoms with Gasteiger partial charge in [-0.2, -0.15) is 5.10 Å². The van der Waals surface area contributed by atoms with E-state index in [1.807, 2.05) is 49.5 Å². The van der Waals surface area contributed by atoms with Crippen LogP contribution >= 0.6 is 11.3 Å². The molecule has 2 heterocycles. The topological polar surface area (TPSA) is 97.0 Å². The van der Waals surface area contributed by atoms with Crippen LogP contribution in [0.4, 0.5) is 0 Å². The summed E-state index contributed by atoms with van der Waals surface area (Å²) in [6.07, 6.45) is 5.87. The molecule has 2 N–H and O–H groups in total. The van der Waals surface area contributed by atoms with Crippen molar-refractivity contribution in [3.8, 4) is 16.2 Å². The molecule has 4 aromatic rings. The molecule has 178 valence electrons. The van der Waals surface area contributed by atoms with Crippen LogP contribution in [0.1, 0.15) is 52.7 Å². The van der Waals surface area contributed by atoms with Crippen molar-refractivity contribution in [2.24, 2.45) is 5.41 Å². The fourth-order valence-electron chi connectivity index (χ4n) is 5.84. The molecule has 6 rings (SSSR count). The van der Waals surface area contributed by atoms with Gasteiger partial charge in [0.15, 0.2) is 0 Å². The lowest BCUT2D eigenvalue weighted by Crippen LogP contribution is -2.55. The summed E-state index contributed by atoms with van der Waals surface area (Å²) in [5.41, 5.74) is 2.66. The van der Waals surface area contributed by atoms with Crippen LogP contribution in [0.25, 0.3) is 21.2 Å². The Bertz CT molecular complexity index is 1490. The predicted octanol–water partition coefficient (Wildman–Crippen LogP) is 4.82. The maximum absolute atomic E-state index is 12.9. The number of thiazole rings is 1. The Labute approximate surface area is 206 Å². The van der Waals surface area contributed by atoms with Crippen molar-refractivity contribution in [2.45, 2.75) is 44.6 Å². The van der Waals surface area contributed by atoms with Gasteiger partial charge in [0.05, 0.1) is 28.1 Å². The molecule has 2 fully saturated rings. The van der Waals surface area contributed by atoms with Crippen molar-refractivity contribution < 1.29 is 9.53 Å². The number of aromatic nitrogens is 3. The van der Waals surface area contributed by atoms with Crippen LogP contribution < -0.4 is 15.6 Å². The first-order valence-electron chi connectivity index (χ1n) is 11.8. The zero-order valence-electron chi connectivity index (χ0n) is 19.6. The molecule has 2 aliphatic carbocycles. The lowest BCUT2D eigenvalue weighted by molar-refractivity contribution is -0.0196. The number of H-pyrrole nitrogens is 1. The molecule has 1 amide bonds. The van der Waals surface area contributed by atoms with Crippen LogP contribution in [0.15, 0.2) is 53.5 Å². The first-order chi connectivity index (χ1) is 16.9. The summed E-state index contributed by atoms with van der Waals surface area (Å²) in [6, 6.07) is 13.4. The molecule has 0 aliphatic heterocycles. The molecular weight excluding hydrogens is 460 g/mol. The molecule has 0 bridgehead atoms. The number of hydrogen-bond donors (Lipinski definition) is 2. The van der Waals surface area contributed by atoms with Crippen molar-refractivity contribution >= 4 is 28.0 Å². The average Bonchev–Trinajstić information content (AvgIpc) is 3.26. The third-order valence-electron chi connectivity index (χ3n) is 7.52. The summed E-state index contributed by atoms with van der Waals surface area (Å²) in [5, 5.41) is 12.9. The summed E-state index contributed by atoms with van der Waals surface area (Å²) in [4.78, 5) is 30.4. The minimum Gasteiger partial charge on any atom is -0.496 e. The first-order valence-corrected chi connectivity index (χ1v) is 12.7. The van der Waals surface area contributed by atoms with Crippen molar-refractivity contribution in [1.29, 1.82) is 0 Å². The fourth-order valence-corrected chi connectivity index (χ4v) is 6.65. The van der Waals surface area contributed by atoms with E-state index in [1.54, 1.807) is 24.5 Å². The number of carbonyl (C=O) groups excluding carboxylic acids is 1. The van der Waals surface area contributed by atoms with E-state index in [-0.39, 0.29) is 22.9 Å². The molecule has 35 heavy (non-hydrogen) atoms. The van der Waals surface area contributed by atoms with Crippen molar-refractivity contribution in [3.63, 3.8) is 0 Å². The largest absolute Gasteiger partial charge is 0.496 e. The molecular formula is C27H26N4O3S. The zero-order valence-corrected chi connectivity index (χ0v) is 20.4. The van der Waals surface area contributed by atoms with E-state index in [2.05, 4.69) is 20.5 Å². The maximum Gasteiger partial charge on any atom is 0.272 e. The number of benzene rings is 2. The number of aromatic amines is 1. The smallest absolute Gasteiger partial charge is 0.272 e. The number of ether oxygens (including phenoxy) is 1. The van der Waals surface area contributed by atoms with E-state index in [4.69, 9.17) is 4.74 Å². The molecule has 2 aliphatic rings. The molecule has 0 saturated heterocycles. The molecule has 7 nitrogen and oxygen atoms in total. The van der Waals surface area contributed by atoms with Crippen molar-refractivity contribution in [1.82, 2.24) is 20.5 Å². The van der Waals surface area contributed by atoms with Crippen molar-refractivity contribution in [3.05, 3.63) is 75.3 Å². The van der Waals surface area contributed by atoms with Gasteiger partial charge in [-0.05, 0) is 62.3 Å². The van der Waals surface area contributed by atoms with Gasteiger partial charge in [-0.15, -0.1) is 11.3 Å². The lowest BCUT2D eigenvalue weighted by atomic mass is 9.49. The minimum absolute atomic E-state index is 0.0700. The molecule has 8 heteroatoms. The number of hydrogen-bond acceptors (Lipinski definition) is 6. The summed E-state index contributed by atoms with van der Waals surface area (Å²) in [7, 11) is 1.62. The van der Waals surface area contributed by atoms with Crippen molar-refractivity contribution in [2.75, 3.05) is 7.11 Å². The molecule has 2 aromatic heterocycles. The van der Waals surface area contributed by atoms with Crippen LogP contribution in [-0.4, -0.2) is 34.2 Å². The molecule has 0 unspecified atom stereocenters. The Kier molecular flexibility index (Phi) is 5.21. The average molecular weight is 487 g/mol. The van der Waals surface area contributed by atoms with Gasteiger partial charge in [-0.25, -0.2) is 10.1 Å². The summed E-state index contributed by atoms with van der Waals surface area (Å²) >= 11 is 1.60. The molecule has 2 saturated carbocycles. The molecule has 0 atom stereocenters. The van der Waals surface area contributed by atoms with Gasteiger partial charge in [0, 0.05) is 34.7 Å². The lowest BCUT2D eigenvalue weighted by Gasteiger charge is -2.57. The van der Waals surface area contributed by atoms with Gasteiger partial charge in [-0.3, -0.25) is 9.59 Å². The summed E-state index contributed by atoms with van der Waals surface area (Å²) in [6.45, 7) is 1.97. The SMILES string of the molecule is COc1cc(C(=O)NC2CC3(C2)CC(c2n[nH]c(=O)c4ccccc24)C3)ccc1-c1cnc(C)s1. The highest BCUT2D eigenvalue weighted by molar-refractivity contribution is 7.15. The maximum atomic E-state index is 12.9. The Morgan fingerprint density at radius 2 is 1.91 bits per heavy atom. The number of fused-ring (bicyclic) bond motifs is 1. The number of carbonyl (C=O) groups is 1. The number of amides is 1. The highest BCUT2D eigenvalue weighted by Crippen LogP contribution is 2.62. The number of aryl methyl sites for hydroxylation is 1. The second kappa shape index (κ2) is 8.30. The van der Waals surface area contributed by atoms with Crippen LogP contribution in [0.5, 0.6) is 5.75 Å². The Morgan fingerprint density at radius 3 is 2.63 bits per heavy atom. The second-order valence-electron chi connectivity index (χ2n) is 9.83. The zero-order chi connectivity index (χ0) is 24.2. The monoisotopic (exact) mass is 486 g/mol. The van der Waals surface area contributed by atoms with E-state index >= 15 is 0 Å². The van der Waals surface area contributed by atoms with Crippen LogP contribution in [0.2, 0.25) is 0 Å². The highest BCUT2D eigenvalue weighted by atomic mass is 32.1. The Balaban J connectivity index is 1.09. The van der Waals surface area contributed by atoms with Crippen LogP contribution in [0.3, 0.4) is 0 Å². The molecule has 0 radical (unpaired) electrons. The van der Waals surface area contributed by atoms with Crippen LogP contribution in [0, 0.1) is 12.3 Å². The number of rotatable bonds is 5. The first kappa shape index (κ1) is 22.0. The normalized spacial score (nSPS) is 23.0. The standard InChI is InChI=1S/C27H26N4O3S/c1-15-28-14-23(35-15)21-8-7-16(9-22(21)34-2)25(32)29-18-12-27(13-18)10-17(11-27)24-19-5-3-4-6-20(19)26(33)31-30-24/h3-9,14,17-18H,10-13H2,1-2H3,(H,29,32)(H,31,33). The Hall–Kier alpha value is -3.52. The third kappa shape index (κ3) is 3.82. The van der Waals surface area contributed by atoms with E-state index < -0.39 is 0 Å². The Morgan fingerprint density at radius 1 is 1.14 bits per heavy atom. The minimum atomic E-state index is -0.142. The molecule has 1 spiro atoms. The summed E-state index contributed by atoms with van der Waals surface area (Å²) < 4.78 is 5.57. The number of nitrogens with one attached hydrogen (secondary N) is 2. The van der Waals surface area contributed by atoms with E-state index in [0.717, 1.165) is 52.2 Å². The highest BCUT2D eigenvalue weighted by Gasteiger charge is 2.54. The number of nitrogens with zero attached hydrogens (tertiary/aromatic N) is 2. The second-order valence-corrected chi connectivity index (χ2v) is 11.1. The van der Waals surface area contributed by atoms with Gasteiger partial charge in [0.25, 0.3) is 11.5 Å². The van der Waals surface area contributed by atoms with E-state index in [1.165, 1.54) is 0 Å². The van der Waals surface area contributed by atoms with Gasteiger partial charge in [0.2, 0.25) is 0 Å². The van der Waals surface area contributed by atoms with Gasteiger partial charge in [-0.1, -0.05) is 18.2 Å². The van der Waals surface area contributed by atoms with E-state index in [0.29, 0.717) is 22.6 Å².